The van der Waals surface area contributed by atoms with Crippen LogP contribution in [-0.4, -0.2) is 42.6 Å². The van der Waals surface area contributed by atoms with Crippen LogP contribution in [0.3, 0.4) is 0 Å². The van der Waals surface area contributed by atoms with E-state index in [0.717, 1.165) is 73.6 Å². The van der Waals surface area contributed by atoms with E-state index in [9.17, 15) is 20.1 Å². The second-order valence-corrected chi connectivity index (χ2v) is 11.4. The number of hydrogen-bond donors (Lipinski definition) is 0. The molecule has 0 saturated heterocycles. The van der Waals surface area contributed by atoms with Gasteiger partial charge in [0.05, 0.1) is 42.5 Å². The van der Waals surface area contributed by atoms with Gasteiger partial charge in [0.25, 0.3) is 0 Å². The summed E-state index contributed by atoms with van der Waals surface area (Å²) in [6.07, 6.45) is 10.2. The number of nitriles is 2. The summed E-state index contributed by atoms with van der Waals surface area (Å²) in [5, 5.41) is 26.5. The molecule has 9 heteroatoms. The van der Waals surface area contributed by atoms with Gasteiger partial charge < -0.3 is 14.2 Å². The fourth-order valence-electron chi connectivity index (χ4n) is 6.41. The molecule has 2 aromatic carbocycles. The van der Waals surface area contributed by atoms with E-state index < -0.39 is 17.6 Å². The molecule has 9 nitrogen and oxygen atoms in total. The molecular formula is C36H36N4O5. The van der Waals surface area contributed by atoms with Gasteiger partial charge in [0, 0.05) is 5.57 Å². The molecule has 2 aliphatic heterocycles. The molecule has 2 aromatic rings. The molecule has 1 atom stereocenters. The van der Waals surface area contributed by atoms with Gasteiger partial charge in [0.15, 0.2) is 11.5 Å². The molecule has 230 valence electrons. The Balaban J connectivity index is 1.13. The lowest BCUT2D eigenvalue weighted by molar-refractivity contribution is -0.139. The summed E-state index contributed by atoms with van der Waals surface area (Å²) in [6.45, 7) is 5.89. The highest BCUT2D eigenvalue weighted by atomic mass is 16.7. The summed E-state index contributed by atoms with van der Waals surface area (Å²) in [5.41, 5.74) is 3.72. The molecule has 45 heavy (non-hydrogen) atoms. The third kappa shape index (κ3) is 6.12. The van der Waals surface area contributed by atoms with Gasteiger partial charge >= 0.3 is 12.1 Å². The van der Waals surface area contributed by atoms with Crippen molar-refractivity contribution in [1.82, 2.24) is 5.01 Å². The van der Waals surface area contributed by atoms with Gasteiger partial charge in [0.2, 0.25) is 0 Å². The normalized spacial score (nSPS) is 16.6. The van der Waals surface area contributed by atoms with Crippen molar-refractivity contribution in [2.75, 3.05) is 13.2 Å². The maximum atomic E-state index is 12.6. The zero-order valence-corrected chi connectivity index (χ0v) is 25.5. The second kappa shape index (κ2) is 14.1. The van der Waals surface area contributed by atoms with Gasteiger partial charge in [0.1, 0.15) is 6.07 Å². The quantitative estimate of drug-likeness (QED) is 0.133. The van der Waals surface area contributed by atoms with E-state index in [-0.39, 0.29) is 24.0 Å². The first kappa shape index (κ1) is 31.3. The van der Waals surface area contributed by atoms with Crippen LogP contribution in [0, 0.1) is 22.7 Å². The van der Waals surface area contributed by atoms with Crippen LogP contribution in [0.2, 0.25) is 0 Å². The van der Waals surface area contributed by atoms with Crippen LogP contribution in [0.15, 0.2) is 88.9 Å². The first-order valence-electron chi connectivity index (χ1n) is 15.4. The Morgan fingerprint density at radius 2 is 1.42 bits per heavy atom. The Morgan fingerprint density at radius 3 is 1.98 bits per heavy atom. The van der Waals surface area contributed by atoms with Gasteiger partial charge in [-0.25, -0.2) is 14.6 Å². The Hall–Kier alpha value is -5.15. The summed E-state index contributed by atoms with van der Waals surface area (Å²) in [7, 11) is 0. The van der Waals surface area contributed by atoms with Crippen LogP contribution in [0.25, 0.3) is 11.1 Å². The standard InChI is InChI=1S/C36H36N4O5/c1-25(2)34(41)43-19-13-7-5-3-4-6-8-14-20-44-35(42)45-26-21-33-36(31(22-37)32(23-38)40(33)39-24-26)29-17-11-9-15-27(29)28-16-10-12-18-30(28)36/h9-12,15-18,21,24,33H,1,3-8,13-14,19-20H2,2H3. The third-order valence-electron chi connectivity index (χ3n) is 8.45. The number of hydrazone groups is 1. The molecule has 0 amide bonds. The van der Waals surface area contributed by atoms with Crippen molar-refractivity contribution in [3.05, 3.63) is 94.9 Å². The van der Waals surface area contributed by atoms with Gasteiger partial charge in [-0.3, -0.25) is 0 Å². The molecule has 0 radical (unpaired) electrons. The SMILES string of the molecule is C=C(C)C(=O)OCCCCCCCCCCOC(=O)OC1=CC2N(N=C1)C(C#N)=C(C#N)C21c2ccccc2-c2ccccc21. The van der Waals surface area contributed by atoms with Gasteiger partial charge in [-0.2, -0.15) is 15.6 Å². The molecule has 1 unspecified atom stereocenters. The van der Waals surface area contributed by atoms with Crippen molar-refractivity contribution in [3.63, 3.8) is 0 Å². The van der Waals surface area contributed by atoms with Crippen LogP contribution in [0.5, 0.6) is 0 Å². The van der Waals surface area contributed by atoms with E-state index in [1.54, 1.807) is 18.0 Å². The Bertz CT molecular complexity index is 1610. The number of carbonyl (C=O) groups excluding carboxylic acids is 2. The maximum Gasteiger partial charge on any atom is 0.513 e. The molecule has 0 bridgehead atoms. The molecule has 1 aliphatic carbocycles. The van der Waals surface area contributed by atoms with E-state index in [4.69, 9.17) is 14.2 Å². The fraction of sp³-hybridized carbons (Fsp3) is 0.361. The largest absolute Gasteiger partial charge is 0.513 e. The number of nitrogens with zero attached hydrogens (tertiary/aromatic N) is 4. The number of carbonyl (C=O) groups is 2. The minimum Gasteiger partial charge on any atom is -0.462 e. The number of benzene rings is 2. The summed E-state index contributed by atoms with van der Waals surface area (Å²) in [5.74, 6) is -0.131. The number of allylic oxidation sites excluding steroid dienone is 2. The third-order valence-corrected chi connectivity index (χ3v) is 8.45. The minimum absolute atomic E-state index is 0.173. The number of hydrogen-bond acceptors (Lipinski definition) is 9. The van der Waals surface area contributed by atoms with Crippen molar-refractivity contribution < 1.29 is 23.8 Å². The molecule has 5 rings (SSSR count). The average molecular weight is 605 g/mol. The lowest BCUT2D eigenvalue weighted by Crippen LogP contribution is -2.43. The first-order valence-corrected chi connectivity index (χ1v) is 15.4. The Labute approximate surface area is 263 Å². The number of esters is 1. The zero-order valence-electron chi connectivity index (χ0n) is 25.5. The van der Waals surface area contributed by atoms with Gasteiger partial charge in [-0.15, -0.1) is 0 Å². The van der Waals surface area contributed by atoms with Crippen molar-refractivity contribution in [3.8, 4) is 23.3 Å². The molecule has 3 aliphatic rings. The molecule has 0 saturated carbocycles. The van der Waals surface area contributed by atoms with Gasteiger partial charge in [-0.05, 0) is 48.1 Å². The highest BCUT2D eigenvalue weighted by molar-refractivity contribution is 5.88. The topological polar surface area (TPSA) is 125 Å². The first-order chi connectivity index (χ1) is 21.9. The van der Waals surface area contributed by atoms with E-state index in [1.807, 2.05) is 48.5 Å². The van der Waals surface area contributed by atoms with Crippen LogP contribution in [0.4, 0.5) is 4.79 Å². The maximum absolute atomic E-state index is 12.6. The summed E-state index contributed by atoms with van der Waals surface area (Å²) in [6, 6.07) is 19.7. The number of ether oxygens (including phenoxy) is 3. The molecule has 0 fully saturated rings. The average Bonchev–Trinajstić information content (AvgIpc) is 3.51. The van der Waals surface area contributed by atoms with E-state index in [0.29, 0.717) is 17.8 Å². The smallest absolute Gasteiger partial charge is 0.462 e. The van der Waals surface area contributed by atoms with E-state index in [2.05, 4.69) is 23.8 Å². The molecule has 2 heterocycles. The summed E-state index contributed by atoms with van der Waals surface area (Å²) in [4.78, 5) is 23.9. The summed E-state index contributed by atoms with van der Waals surface area (Å²) < 4.78 is 16.0. The minimum atomic E-state index is -0.985. The highest BCUT2D eigenvalue weighted by Gasteiger charge is 2.60. The highest BCUT2D eigenvalue weighted by Crippen LogP contribution is 2.60. The number of unbranched alkanes of at least 4 members (excludes halogenated alkanes) is 7. The monoisotopic (exact) mass is 604 g/mol. The van der Waals surface area contributed by atoms with Gasteiger partial charge in [-0.1, -0.05) is 93.6 Å². The number of rotatable bonds is 13. The van der Waals surface area contributed by atoms with E-state index >= 15 is 0 Å². The Kier molecular flexibility index (Phi) is 9.79. The molecular weight excluding hydrogens is 568 g/mol. The van der Waals surface area contributed by atoms with Crippen LogP contribution >= 0.6 is 0 Å². The fourth-order valence-corrected chi connectivity index (χ4v) is 6.41. The lowest BCUT2D eigenvalue weighted by atomic mass is 9.68. The van der Waals surface area contributed by atoms with Crippen molar-refractivity contribution in [2.45, 2.75) is 69.7 Å². The van der Waals surface area contributed by atoms with Crippen LogP contribution in [-0.2, 0) is 24.4 Å². The van der Waals surface area contributed by atoms with Crippen molar-refractivity contribution >= 4 is 18.3 Å². The molecule has 1 spiro atoms. The lowest BCUT2D eigenvalue weighted by Gasteiger charge is -2.36. The van der Waals surface area contributed by atoms with Crippen LogP contribution < -0.4 is 0 Å². The molecule has 0 N–H and O–H groups in total. The van der Waals surface area contributed by atoms with E-state index in [1.165, 1.54) is 6.21 Å². The number of fused-ring (bicyclic) bond motifs is 7. The predicted molar refractivity (Wildman–Crippen MR) is 168 cm³/mol. The van der Waals surface area contributed by atoms with Crippen molar-refractivity contribution in [2.24, 2.45) is 5.10 Å². The van der Waals surface area contributed by atoms with Crippen LogP contribution in [0.1, 0.15) is 69.4 Å². The zero-order chi connectivity index (χ0) is 31.8. The summed E-state index contributed by atoms with van der Waals surface area (Å²) >= 11 is 0. The predicted octanol–water partition coefficient (Wildman–Crippen LogP) is 7.22. The second-order valence-electron chi connectivity index (χ2n) is 11.4. The van der Waals surface area contributed by atoms with Crippen molar-refractivity contribution in [1.29, 1.82) is 10.5 Å². The Morgan fingerprint density at radius 1 is 0.867 bits per heavy atom. The molecule has 0 aromatic heterocycles.